The van der Waals surface area contributed by atoms with Crippen LogP contribution in [0.4, 0.5) is 0 Å². The van der Waals surface area contributed by atoms with E-state index in [9.17, 15) is 0 Å². The van der Waals surface area contributed by atoms with Gasteiger partial charge in [0.15, 0.2) is 11.5 Å². The number of benzene rings is 2. The fraction of sp³-hybridized carbons (Fsp3) is 0.294. The van der Waals surface area contributed by atoms with Crippen molar-refractivity contribution in [3.05, 3.63) is 57.1 Å². The zero-order valence-electron chi connectivity index (χ0n) is 12.5. The molecule has 2 rings (SSSR count). The van der Waals surface area contributed by atoms with Crippen LogP contribution in [0.5, 0.6) is 11.5 Å². The number of aryl methyl sites for hydroxylation is 2. The second-order valence-corrected chi connectivity index (χ2v) is 6.72. The summed E-state index contributed by atoms with van der Waals surface area (Å²) < 4.78 is 11.9. The summed E-state index contributed by atoms with van der Waals surface area (Å²) in [5.41, 5.74) is 4.74. The highest BCUT2D eigenvalue weighted by Crippen LogP contribution is 2.41. The summed E-state index contributed by atoms with van der Waals surface area (Å²) in [6.45, 7) is 4.16. The van der Waals surface area contributed by atoms with Crippen LogP contribution in [-0.2, 0) is 0 Å². The van der Waals surface area contributed by atoms with Gasteiger partial charge in [0.05, 0.1) is 19.0 Å². The van der Waals surface area contributed by atoms with Crippen molar-refractivity contribution in [2.75, 3.05) is 14.2 Å². The molecule has 1 atom stereocenters. The number of methoxy groups -OCH3 is 2. The Hall–Kier alpha value is -1.00. The van der Waals surface area contributed by atoms with Crippen molar-refractivity contribution >= 4 is 31.9 Å². The number of ether oxygens (including phenoxy) is 2. The maximum atomic E-state index is 5.41. The fourth-order valence-electron chi connectivity index (χ4n) is 2.27. The number of halogens is 2. The third kappa shape index (κ3) is 3.43. The first-order valence-corrected chi connectivity index (χ1v) is 8.31. The number of hydrogen-bond acceptors (Lipinski definition) is 2. The molecule has 112 valence electrons. The lowest BCUT2D eigenvalue weighted by Crippen LogP contribution is -2.00. The standard InChI is InChI=1S/C17H18Br2O2/c1-10-5-6-12(14(18)7-10)17(19)13-9-16(21-4)15(20-3)8-11(13)2/h5-9,17H,1-4H3. The first-order valence-electron chi connectivity index (χ1n) is 6.60. The van der Waals surface area contributed by atoms with Crippen molar-refractivity contribution in [3.63, 3.8) is 0 Å². The van der Waals surface area contributed by atoms with Crippen LogP contribution in [0, 0.1) is 13.8 Å². The van der Waals surface area contributed by atoms with Crippen LogP contribution >= 0.6 is 31.9 Å². The molecule has 0 aromatic heterocycles. The predicted octanol–water partition coefficient (Wildman–Crippen LogP) is 5.57. The van der Waals surface area contributed by atoms with Crippen molar-refractivity contribution in [1.82, 2.24) is 0 Å². The van der Waals surface area contributed by atoms with Gasteiger partial charge in [-0.25, -0.2) is 0 Å². The van der Waals surface area contributed by atoms with Crippen LogP contribution < -0.4 is 9.47 Å². The lowest BCUT2D eigenvalue weighted by atomic mass is 9.99. The normalized spacial score (nSPS) is 12.1. The van der Waals surface area contributed by atoms with Gasteiger partial charge in [-0.2, -0.15) is 0 Å². The summed E-state index contributed by atoms with van der Waals surface area (Å²) in [4.78, 5) is 0.0901. The Morgan fingerprint density at radius 1 is 0.905 bits per heavy atom. The van der Waals surface area contributed by atoms with Crippen LogP contribution in [-0.4, -0.2) is 14.2 Å². The maximum absolute atomic E-state index is 5.41. The SMILES string of the molecule is COc1cc(C)c(C(Br)c2ccc(C)cc2Br)cc1OC. The molecule has 2 nitrogen and oxygen atoms in total. The van der Waals surface area contributed by atoms with E-state index in [2.05, 4.69) is 63.9 Å². The van der Waals surface area contributed by atoms with Crippen LogP contribution in [0.2, 0.25) is 0 Å². The Labute approximate surface area is 142 Å². The molecule has 0 saturated carbocycles. The molecule has 4 heteroatoms. The zero-order chi connectivity index (χ0) is 15.6. The molecular weight excluding hydrogens is 396 g/mol. The lowest BCUT2D eigenvalue weighted by molar-refractivity contribution is 0.354. The van der Waals surface area contributed by atoms with Crippen LogP contribution in [0.15, 0.2) is 34.8 Å². The van der Waals surface area contributed by atoms with Gasteiger partial charge in [0.25, 0.3) is 0 Å². The molecule has 0 radical (unpaired) electrons. The first-order chi connectivity index (χ1) is 9.97. The van der Waals surface area contributed by atoms with E-state index in [1.165, 1.54) is 11.1 Å². The maximum Gasteiger partial charge on any atom is 0.161 e. The third-order valence-electron chi connectivity index (χ3n) is 3.47. The van der Waals surface area contributed by atoms with Crippen LogP contribution in [0.25, 0.3) is 0 Å². The second-order valence-electron chi connectivity index (χ2n) is 4.95. The van der Waals surface area contributed by atoms with Crippen LogP contribution in [0.1, 0.15) is 27.1 Å². The van der Waals surface area contributed by atoms with Crippen molar-refractivity contribution < 1.29 is 9.47 Å². The molecule has 0 aliphatic heterocycles. The van der Waals surface area contributed by atoms with Gasteiger partial charge < -0.3 is 9.47 Å². The molecule has 2 aromatic rings. The van der Waals surface area contributed by atoms with Gasteiger partial charge >= 0.3 is 0 Å². The molecule has 0 N–H and O–H groups in total. The summed E-state index contributed by atoms with van der Waals surface area (Å²) in [7, 11) is 3.31. The highest BCUT2D eigenvalue weighted by molar-refractivity contribution is 9.11. The van der Waals surface area contributed by atoms with E-state index in [-0.39, 0.29) is 4.83 Å². The topological polar surface area (TPSA) is 18.5 Å². The molecule has 2 aromatic carbocycles. The predicted molar refractivity (Wildman–Crippen MR) is 93.9 cm³/mol. The summed E-state index contributed by atoms with van der Waals surface area (Å²) in [5, 5.41) is 0. The molecule has 0 amide bonds. The molecule has 0 fully saturated rings. The summed E-state index contributed by atoms with van der Waals surface area (Å²) in [5.74, 6) is 1.49. The average Bonchev–Trinajstić information content (AvgIpc) is 2.46. The van der Waals surface area contributed by atoms with Crippen molar-refractivity contribution in [2.45, 2.75) is 18.7 Å². The van der Waals surface area contributed by atoms with Gasteiger partial charge in [0.1, 0.15) is 0 Å². The Kier molecular flexibility index (Phi) is 5.33. The molecule has 0 saturated heterocycles. The minimum absolute atomic E-state index is 0.0901. The van der Waals surface area contributed by atoms with Gasteiger partial charge in [0, 0.05) is 4.47 Å². The minimum atomic E-state index is 0.0901. The van der Waals surface area contributed by atoms with Gasteiger partial charge in [-0.3, -0.25) is 0 Å². The average molecular weight is 414 g/mol. The Morgan fingerprint density at radius 2 is 1.52 bits per heavy atom. The Morgan fingerprint density at radius 3 is 2.10 bits per heavy atom. The van der Waals surface area contributed by atoms with Gasteiger partial charge in [-0.05, 0) is 54.3 Å². The Bertz CT molecular complexity index is 653. The highest BCUT2D eigenvalue weighted by atomic mass is 79.9. The molecule has 21 heavy (non-hydrogen) atoms. The number of hydrogen-bond donors (Lipinski definition) is 0. The smallest absolute Gasteiger partial charge is 0.161 e. The molecular formula is C17H18Br2O2. The second kappa shape index (κ2) is 6.84. The van der Waals surface area contributed by atoms with Crippen molar-refractivity contribution in [1.29, 1.82) is 0 Å². The van der Waals surface area contributed by atoms with E-state index in [1.54, 1.807) is 14.2 Å². The zero-order valence-corrected chi connectivity index (χ0v) is 15.7. The largest absolute Gasteiger partial charge is 0.493 e. The van der Waals surface area contributed by atoms with E-state index < -0.39 is 0 Å². The minimum Gasteiger partial charge on any atom is -0.493 e. The lowest BCUT2D eigenvalue weighted by Gasteiger charge is -2.18. The first kappa shape index (κ1) is 16.4. The van der Waals surface area contributed by atoms with Gasteiger partial charge in [0.2, 0.25) is 0 Å². The molecule has 0 spiro atoms. The third-order valence-corrected chi connectivity index (χ3v) is 5.15. The fourth-order valence-corrected chi connectivity index (χ4v) is 4.20. The van der Waals surface area contributed by atoms with Gasteiger partial charge in [-0.15, -0.1) is 0 Å². The van der Waals surface area contributed by atoms with E-state index >= 15 is 0 Å². The van der Waals surface area contributed by atoms with Crippen molar-refractivity contribution in [3.8, 4) is 11.5 Å². The highest BCUT2D eigenvalue weighted by Gasteiger charge is 2.18. The van der Waals surface area contributed by atoms with Crippen molar-refractivity contribution in [2.24, 2.45) is 0 Å². The summed E-state index contributed by atoms with van der Waals surface area (Å²) in [6, 6.07) is 10.4. The molecule has 0 bridgehead atoms. The molecule has 0 heterocycles. The summed E-state index contributed by atoms with van der Waals surface area (Å²) in [6.07, 6.45) is 0. The van der Waals surface area contributed by atoms with Gasteiger partial charge in [-0.1, -0.05) is 44.0 Å². The van der Waals surface area contributed by atoms with E-state index in [0.29, 0.717) is 0 Å². The molecule has 0 aliphatic rings. The quantitative estimate of drug-likeness (QED) is 0.610. The van der Waals surface area contributed by atoms with E-state index in [0.717, 1.165) is 27.1 Å². The number of alkyl halides is 1. The summed E-state index contributed by atoms with van der Waals surface area (Å²) >= 11 is 7.45. The van der Waals surface area contributed by atoms with Crippen LogP contribution in [0.3, 0.4) is 0 Å². The monoisotopic (exact) mass is 412 g/mol. The number of rotatable bonds is 4. The van der Waals surface area contributed by atoms with E-state index in [1.807, 2.05) is 12.1 Å². The Balaban J connectivity index is 2.50. The molecule has 1 unspecified atom stereocenters. The van der Waals surface area contributed by atoms with E-state index in [4.69, 9.17) is 9.47 Å². The molecule has 0 aliphatic carbocycles.